The molecule has 0 amide bonds. The second-order valence-corrected chi connectivity index (χ2v) is 17.0. The topological polar surface area (TPSA) is 74.8 Å². The molecular weight excluding hydrogens is 647 g/mol. The summed E-state index contributed by atoms with van der Waals surface area (Å²) in [6.45, 7) is -0.510. The van der Waals surface area contributed by atoms with Crippen LogP contribution in [0, 0.1) is 0 Å². The number of hydrogen-bond donors (Lipinski definition) is 0. The number of hydrogen-bond acceptors (Lipinski definition) is 6. The molecule has 8 aromatic carbocycles. The van der Waals surface area contributed by atoms with Crippen LogP contribution in [0.4, 0.5) is 28.4 Å². The van der Waals surface area contributed by atoms with Gasteiger partial charge in [0.05, 0.1) is 42.3 Å². The largest absolute Gasteiger partial charge is 0.374 e. The third-order valence-corrected chi connectivity index (χ3v) is 14.7. The Hall–Kier alpha value is -5.64. The third-order valence-electron chi connectivity index (χ3n) is 11.0. The van der Waals surface area contributed by atoms with Gasteiger partial charge in [-0.25, -0.2) is 16.8 Å². The average molecular weight is 669 g/mol. The Labute approximate surface area is 281 Å². The molecule has 0 radical (unpaired) electrons. The fraction of sp³-hybridized carbons (Fsp3) is 0. The molecule has 6 nitrogen and oxygen atoms in total. The minimum atomic E-state index is -3.88. The maximum absolute atomic E-state index is 14.4. The number of benzene rings is 8. The Bertz CT molecular complexity index is 3110. The van der Waals surface area contributed by atoms with E-state index >= 15 is 0 Å². The van der Waals surface area contributed by atoms with Gasteiger partial charge in [-0.05, 0) is 74.4 Å². The van der Waals surface area contributed by atoms with Crippen LogP contribution in [0.3, 0.4) is 0 Å². The molecule has 0 aliphatic carbocycles. The van der Waals surface area contributed by atoms with E-state index in [0.717, 1.165) is 60.1 Å². The van der Waals surface area contributed by atoms with Crippen LogP contribution in [-0.2, 0) is 19.7 Å². The summed E-state index contributed by atoms with van der Waals surface area (Å²) in [7, 11) is -7.73. The number of rotatable bonds is 0. The summed E-state index contributed by atoms with van der Waals surface area (Å²) < 4.78 is 57.6. The van der Waals surface area contributed by atoms with E-state index in [4.69, 9.17) is 0 Å². The van der Waals surface area contributed by atoms with Crippen molar-refractivity contribution < 1.29 is 16.8 Å². The molecular formula is C40H21BN2O4S2. The van der Waals surface area contributed by atoms with Crippen molar-refractivity contribution in [1.82, 2.24) is 0 Å². The van der Waals surface area contributed by atoms with E-state index in [0.29, 0.717) is 22.7 Å². The summed E-state index contributed by atoms with van der Waals surface area (Å²) in [5.41, 5.74) is 7.04. The zero-order chi connectivity index (χ0) is 32.6. The van der Waals surface area contributed by atoms with Crippen LogP contribution in [0.15, 0.2) is 147 Å². The van der Waals surface area contributed by atoms with Crippen LogP contribution in [-0.4, -0.2) is 23.7 Å². The predicted octanol–water partition coefficient (Wildman–Crippen LogP) is 7.58. The lowest BCUT2D eigenvalue weighted by Gasteiger charge is -2.49. The van der Waals surface area contributed by atoms with Gasteiger partial charge in [0.15, 0.2) is 0 Å². The van der Waals surface area contributed by atoms with Crippen molar-refractivity contribution in [3.63, 3.8) is 0 Å². The van der Waals surface area contributed by atoms with Crippen LogP contribution < -0.4 is 20.6 Å². The van der Waals surface area contributed by atoms with Crippen molar-refractivity contribution in [3.8, 4) is 11.1 Å². The van der Waals surface area contributed by atoms with Crippen molar-refractivity contribution in [2.24, 2.45) is 0 Å². The molecule has 4 aliphatic heterocycles. The van der Waals surface area contributed by atoms with E-state index < -0.39 is 26.5 Å². The van der Waals surface area contributed by atoms with Crippen molar-refractivity contribution >= 4 is 98.2 Å². The minimum absolute atomic E-state index is 0.243. The number of sulfone groups is 2. The van der Waals surface area contributed by atoms with E-state index in [1.54, 1.807) is 36.4 Å². The van der Waals surface area contributed by atoms with E-state index in [1.807, 2.05) is 48.5 Å². The molecule has 0 aromatic heterocycles. The Balaban J connectivity index is 1.38. The van der Waals surface area contributed by atoms with Crippen molar-refractivity contribution in [2.75, 3.05) is 9.71 Å². The number of fused-ring (bicyclic) bond motifs is 10. The van der Waals surface area contributed by atoms with Gasteiger partial charge in [0.2, 0.25) is 19.7 Å². The Morgan fingerprint density at radius 3 is 1.82 bits per heavy atom. The zero-order valence-electron chi connectivity index (χ0n) is 25.5. The van der Waals surface area contributed by atoms with Gasteiger partial charge >= 0.3 is 6.85 Å². The summed E-state index contributed by atoms with van der Waals surface area (Å²) in [5.74, 6) is 0. The molecule has 0 unspecified atom stereocenters. The first-order valence-electron chi connectivity index (χ1n) is 16.1. The molecule has 4 heterocycles. The van der Waals surface area contributed by atoms with Crippen LogP contribution in [0.25, 0.3) is 43.4 Å². The molecule has 4 aliphatic rings. The SMILES string of the molecule is O=S1(=O)c2ccccc2N2B3c4cccc5c4N(c4ccccc4S5(=O)=O)c4c3c(c3ccc5cccc6ccc4c3c56)-c3cccc1c32. The van der Waals surface area contributed by atoms with E-state index in [9.17, 15) is 16.8 Å². The monoisotopic (exact) mass is 668 g/mol. The number of para-hydroxylation sites is 4. The lowest BCUT2D eigenvalue weighted by atomic mass is 9.43. The predicted molar refractivity (Wildman–Crippen MR) is 195 cm³/mol. The van der Waals surface area contributed by atoms with Crippen LogP contribution in [0.2, 0.25) is 0 Å². The van der Waals surface area contributed by atoms with Crippen molar-refractivity contribution in [2.45, 2.75) is 19.6 Å². The lowest BCUT2D eigenvalue weighted by Crippen LogP contribution is -2.63. The molecule has 8 aromatic rings. The second kappa shape index (κ2) is 8.32. The van der Waals surface area contributed by atoms with Gasteiger partial charge in [-0.3, -0.25) is 0 Å². The van der Waals surface area contributed by atoms with E-state index in [1.165, 1.54) is 0 Å². The summed E-state index contributed by atoms with van der Waals surface area (Å²) in [5, 5.41) is 6.51. The van der Waals surface area contributed by atoms with Gasteiger partial charge in [0.1, 0.15) is 0 Å². The smallest absolute Gasteiger partial charge is 0.333 e. The second-order valence-electron chi connectivity index (χ2n) is 13.2. The van der Waals surface area contributed by atoms with Gasteiger partial charge in [-0.15, -0.1) is 0 Å². The highest BCUT2D eigenvalue weighted by molar-refractivity contribution is 7.92. The number of nitrogens with zero attached hydrogens (tertiary/aromatic N) is 2. The van der Waals surface area contributed by atoms with E-state index in [-0.39, 0.29) is 19.6 Å². The molecule has 0 saturated carbocycles. The Morgan fingerprint density at radius 1 is 0.469 bits per heavy atom. The zero-order valence-corrected chi connectivity index (χ0v) is 27.2. The van der Waals surface area contributed by atoms with Crippen LogP contribution in [0.1, 0.15) is 0 Å². The van der Waals surface area contributed by atoms with Gasteiger partial charge < -0.3 is 9.71 Å². The summed E-state index contributed by atoms with van der Waals surface area (Å²) in [4.78, 5) is 5.34. The minimum Gasteiger partial charge on any atom is -0.374 e. The maximum atomic E-state index is 14.4. The van der Waals surface area contributed by atoms with Crippen LogP contribution >= 0.6 is 0 Å². The number of anilines is 5. The summed E-state index contributed by atoms with van der Waals surface area (Å²) >= 11 is 0. The molecule has 0 bridgehead atoms. The molecule has 0 atom stereocenters. The van der Waals surface area contributed by atoms with Gasteiger partial charge in [-0.1, -0.05) is 91.0 Å². The van der Waals surface area contributed by atoms with Crippen LogP contribution in [0.5, 0.6) is 0 Å². The van der Waals surface area contributed by atoms with Crippen molar-refractivity contribution in [1.29, 1.82) is 0 Å². The molecule has 9 heteroatoms. The normalized spacial score (nSPS) is 16.7. The molecule has 0 fully saturated rings. The molecule has 0 spiro atoms. The molecule has 49 heavy (non-hydrogen) atoms. The van der Waals surface area contributed by atoms with Gasteiger partial charge in [0, 0.05) is 22.0 Å². The summed E-state index contributed by atoms with van der Waals surface area (Å²) in [6, 6.07) is 40.6. The van der Waals surface area contributed by atoms with E-state index in [2.05, 4.69) is 52.2 Å². The highest BCUT2D eigenvalue weighted by Gasteiger charge is 2.53. The average Bonchev–Trinajstić information content (AvgIpc) is 3.13. The standard InChI is InChI=1S/C40H21BN2O4S2/c44-48(45)30-14-3-1-12-28(30)42-39-26-21-19-23-9-5-8-22-18-20-24(35(26)34(22)23)36-25-10-6-16-32-38(25)43(29-13-2-4-15-31(29)49(32,46)47)41(37(36)39)27-11-7-17-33(48)40(27)42/h1-21H. The van der Waals surface area contributed by atoms with Crippen molar-refractivity contribution in [3.05, 3.63) is 127 Å². The first kappa shape index (κ1) is 26.3. The van der Waals surface area contributed by atoms with Gasteiger partial charge in [-0.2, -0.15) is 0 Å². The first-order valence-corrected chi connectivity index (χ1v) is 19.1. The quantitative estimate of drug-likeness (QED) is 0.123. The maximum Gasteiger partial charge on any atom is 0.333 e. The Morgan fingerprint density at radius 2 is 1.06 bits per heavy atom. The van der Waals surface area contributed by atoms with Gasteiger partial charge in [0.25, 0.3) is 0 Å². The third kappa shape index (κ3) is 2.82. The first-order chi connectivity index (χ1) is 23.9. The molecule has 230 valence electrons. The molecule has 0 N–H and O–H groups in total. The molecule has 12 rings (SSSR count). The highest BCUT2D eigenvalue weighted by Crippen LogP contribution is 2.58. The molecule has 0 saturated heterocycles. The lowest BCUT2D eigenvalue weighted by molar-refractivity contribution is 0.593. The summed E-state index contributed by atoms with van der Waals surface area (Å²) in [6.07, 6.45) is 0. The fourth-order valence-electron chi connectivity index (χ4n) is 9.25. The Kier molecular flexibility index (Phi) is 4.47. The highest BCUT2D eigenvalue weighted by atomic mass is 32.2. The fourth-order valence-corrected chi connectivity index (χ4v) is 12.6.